The van der Waals surface area contributed by atoms with Crippen molar-refractivity contribution in [3.05, 3.63) is 52.0 Å². The number of aromatic nitrogens is 1. The van der Waals surface area contributed by atoms with Crippen LogP contribution in [0.1, 0.15) is 28.5 Å². The van der Waals surface area contributed by atoms with E-state index in [1.54, 1.807) is 15.8 Å². The van der Waals surface area contributed by atoms with Crippen LogP contribution in [0.4, 0.5) is 0 Å². The third-order valence-electron chi connectivity index (χ3n) is 4.80. The molecular formula is C19H24N4O2S. The van der Waals surface area contributed by atoms with Gasteiger partial charge < -0.3 is 10.2 Å². The third-order valence-corrected chi connectivity index (χ3v) is 5.38. The van der Waals surface area contributed by atoms with E-state index in [0.717, 1.165) is 0 Å². The van der Waals surface area contributed by atoms with Crippen LogP contribution in [-0.2, 0) is 11.3 Å². The molecule has 0 spiro atoms. The van der Waals surface area contributed by atoms with E-state index in [2.05, 4.69) is 40.3 Å². The number of aryl methyl sites for hydroxylation is 1. The van der Waals surface area contributed by atoms with Gasteiger partial charge in [-0.3, -0.25) is 14.5 Å². The molecule has 1 aromatic carbocycles. The average molecular weight is 372 g/mol. The van der Waals surface area contributed by atoms with Gasteiger partial charge in [0.15, 0.2) is 0 Å². The SMILES string of the molecule is Cc1cccc(CN2[C@H](CNC(=O)c3cscn3)CN(C)C(=O)[C@@H]2C)c1. The Morgan fingerprint density at radius 2 is 2.23 bits per heavy atom. The monoisotopic (exact) mass is 372 g/mol. The zero-order valence-electron chi connectivity index (χ0n) is 15.3. The normalized spacial score (nSPS) is 21.0. The van der Waals surface area contributed by atoms with Gasteiger partial charge in [0.25, 0.3) is 5.91 Å². The van der Waals surface area contributed by atoms with Gasteiger partial charge in [0.05, 0.1) is 11.6 Å². The van der Waals surface area contributed by atoms with Crippen molar-refractivity contribution in [3.63, 3.8) is 0 Å². The molecule has 0 unspecified atom stereocenters. The predicted octanol–water partition coefficient (Wildman–Crippen LogP) is 1.91. The summed E-state index contributed by atoms with van der Waals surface area (Å²) in [6.07, 6.45) is 0. The maximum absolute atomic E-state index is 12.5. The first-order valence-electron chi connectivity index (χ1n) is 8.68. The Morgan fingerprint density at radius 3 is 2.92 bits per heavy atom. The van der Waals surface area contributed by atoms with Gasteiger partial charge in [0, 0.05) is 38.1 Å². The van der Waals surface area contributed by atoms with Crippen LogP contribution in [0.3, 0.4) is 0 Å². The van der Waals surface area contributed by atoms with E-state index in [0.29, 0.717) is 25.3 Å². The van der Waals surface area contributed by atoms with E-state index >= 15 is 0 Å². The van der Waals surface area contributed by atoms with Gasteiger partial charge in [-0.15, -0.1) is 11.3 Å². The Hall–Kier alpha value is -2.25. The molecule has 0 bridgehead atoms. The molecule has 2 atom stereocenters. The summed E-state index contributed by atoms with van der Waals surface area (Å²) in [7, 11) is 1.82. The van der Waals surface area contributed by atoms with Crippen molar-refractivity contribution in [2.45, 2.75) is 32.5 Å². The van der Waals surface area contributed by atoms with E-state index in [1.807, 2.05) is 20.0 Å². The highest BCUT2D eigenvalue weighted by molar-refractivity contribution is 7.07. The first-order valence-corrected chi connectivity index (χ1v) is 9.62. The van der Waals surface area contributed by atoms with Gasteiger partial charge >= 0.3 is 0 Å². The molecule has 1 aromatic heterocycles. The van der Waals surface area contributed by atoms with Gasteiger partial charge in [0.1, 0.15) is 5.69 Å². The van der Waals surface area contributed by atoms with Crippen molar-refractivity contribution in [1.29, 1.82) is 0 Å². The zero-order valence-corrected chi connectivity index (χ0v) is 16.1. The molecule has 26 heavy (non-hydrogen) atoms. The van der Waals surface area contributed by atoms with Crippen LogP contribution in [0.25, 0.3) is 0 Å². The lowest BCUT2D eigenvalue weighted by molar-refractivity contribution is -0.142. The Morgan fingerprint density at radius 1 is 1.42 bits per heavy atom. The molecule has 7 heteroatoms. The minimum atomic E-state index is -0.226. The summed E-state index contributed by atoms with van der Waals surface area (Å²) in [6.45, 7) is 5.74. The lowest BCUT2D eigenvalue weighted by Crippen LogP contribution is -2.62. The smallest absolute Gasteiger partial charge is 0.270 e. The molecule has 1 aliphatic heterocycles. The molecule has 0 radical (unpaired) electrons. The minimum absolute atomic E-state index is 0.0517. The van der Waals surface area contributed by atoms with E-state index in [-0.39, 0.29) is 23.9 Å². The van der Waals surface area contributed by atoms with Crippen LogP contribution in [-0.4, -0.2) is 58.8 Å². The number of carbonyl (C=O) groups is 2. The van der Waals surface area contributed by atoms with Crippen molar-refractivity contribution >= 4 is 23.2 Å². The number of thiazole rings is 1. The van der Waals surface area contributed by atoms with Gasteiger partial charge in [-0.25, -0.2) is 4.98 Å². The summed E-state index contributed by atoms with van der Waals surface area (Å²) in [6, 6.07) is 8.14. The topological polar surface area (TPSA) is 65.5 Å². The van der Waals surface area contributed by atoms with Crippen molar-refractivity contribution in [2.24, 2.45) is 0 Å². The molecule has 1 saturated heterocycles. The number of carbonyl (C=O) groups excluding carboxylic acids is 2. The second-order valence-corrected chi connectivity index (χ2v) is 7.51. The summed E-state index contributed by atoms with van der Waals surface area (Å²) >= 11 is 1.40. The van der Waals surface area contributed by atoms with Crippen LogP contribution >= 0.6 is 11.3 Å². The highest BCUT2D eigenvalue weighted by atomic mass is 32.1. The number of nitrogens with zero attached hydrogens (tertiary/aromatic N) is 3. The molecular weight excluding hydrogens is 348 g/mol. The molecule has 2 aromatic rings. The second kappa shape index (κ2) is 7.97. The molecule has 2 heterocycles. The van der Waals surface area contributed by atoms with Gasteiger partial charge in [-0.05, 0) is 19.4 Å². The van der Waals surface area contributed by atoms with Crippen LogP contribution in [0, 0.1) is 6.92 Å². The van der Waals surface area contributed by atoms with Crippen LogP contribution in [0.2, 0.25) is 0 Å². The highest BCUT2D eigenvalue weighted by Gasteiger charge is 2.36. The average Bonchev–Trinajstić information content (AvgIpc) is 3.15. The van der Waals surface area contributed by atoms with Gasteiger partial charge in [-0.2, -0.15) is 0 Å². The lowest BCUT2D eigenvalue weighted by atomic mass is 10.0. The lowest BCUT2D eigenvalue weighted by Gasteiger charge is -2.44. The van der Waals surface area contributed by atoms with Crippen LogP contribution < -0.4 is 5.32 Å². The number of piperazine rings is 1. The Balaban J connectivity index is 1.73. The molecule has 2 amide bonds. The first kappa shape index (κ1) is 18.5. The van der Waals surface area contributed by atoms with Crippen molar-refractivity contribution < 1.29 is 9.59 Å². The van der Waals surface area contributed by atoms with Crippen LogP contribution in [0.5, 0.6) is 0 Å². The molecule has 0 saturated carbocycles. The molecule has 1 aliphatic rings. The highest BCUT2D eigenvalue weighted by Crippen LogP contribution is 2.20. The largest absolute Gasteiger partial charge is 0.349 e. The molecule has 6 nitrogen and oxygen atoms in total. The van der Waals surface area contributed by atoms with Crippen LogP contribution in [0.15, 0.2) is 35.2 Å². The number of likely N-dealkylation sites (N-methyl/N-ethyl adjacent to an activating group) is 1. The van der Waals surface area contributed by atoms with Gasteiger partial charge in [0.2, 0.25) is 5.91 Å². The number of hydrogen-bond donors (Lipinski definition) is 1. The fourth-order valence-corrected chi connectivity index (χ4v) is 3.91. The zero-order chi connectivity index (χ0) is 18.7. The fraction of sp³-hybridized carbons (Fsp3) is 0.421. The molecule has 138 valence electrons. The Kier molecular flexibility index (Phi) is 5.68. The number of amides is 2. The predicted molar refractivity (Wildman–Crippen MR) is 102 cm³/mol. The van der Waals surface area contributed by atoms with E-state index in [1.165, 1.54) is 22.5 Å². The van der Waals surface area contributed by atoms with E-state index < -0.39 is 0 Å². The number of rotatable bonds is 5. The van der Waals surface area contributed by atoms with Crippen molar-refractivity contribution in [3.8, 4) is 0 Å². The fourth-order valence-electron chi connectivity index (χ4n) is 3.38. The van der Waals surface area contributed by atoms with Crippen molar-refractivity contribution in [2.75, 3.05) is 20.1 Å². The number of nitrogens with one attached hydrogen (secondary N) is 1. The summed E-state index contributed by atoms with van der Waals surface area (Å²) in [4.78, 5) is 32.6. The van der Waals surface area contributed by atoms with Crippen molar-refractivity contribution in [1.82, 2.24) is 20.1 Å². The Labute approximate surface area is 157 Å². The molecule has 1 N–H and O–H groups in total. The molecule has 1 fully saturated rings. The van der Waals surface area contributed by atoms with E-state index in [4.69, 9.17) is 0 Å². The minimum Gasteiger partial charge on any atom is -0.349 e. The van der Waals surface area contributed by atoms with Gasteiger partial charge in [-0.1, -0.05) is 29.8 Å². The molecule has 0 aliphatic carbocycles. The molecule has 3 rings (SSSR count). The summed E-state index contributed by atoms with van der Waals surface area (Å²) in [5.41, 5.74) is 4.45. The summed E-state index contributed by atoms with van der Waals surface area (Å²) in [5.74, 6) is -0.0614. The second-order valence-electron chi connectivity index (χ2n) is 6.79. The third kappa shape index (κ3) is 4.11. The first-order chi connectivity index (χ1) is 12.5. The number of hydrogen-bond acceptors (Lipinski definition) is 5. The maximum Gasteiger partial charge on any atom is 0.270 e. The summed E-state index contributed by atoms with van der Waals surface area (Å²) < 4.78 is 0. The Bertz CT molecular complexity index is 778. The quantitative estimate of drug-likeness (QED) is 0.871. The standard InChI is InChI=1S/C19H24N4O2S/c1-13-5-4-6-15(7-13)9-23-14(2)19(25)22(3)10-16(23)8-20-18(24)17-11-26-12-21-17/h4-7,11-12,14,16H,8-10H2,1-3H3,(H,20,24)/t14-,16+/m0/s1. The number of benzene rings is 1. The maximum atomic E-state index is 12.5. The van der Waals surface area contributed by atoms with E-state index in [9.17, 15) is 9.59 Å². The summed E-state index contributed by atoms with van der Waals surface area (Å²) in [5, 5.41) is 4.70.